The molecule has 3 aromatic carbocycles. The Balaban J connectivity index is 1.62. The fourth-order valence-electron chi connectivity index (χ4n) is 4.76. The number of benzene rings is 3. The van der Waals surface area contributed by atoms with E-state index < -0.39 is 23.3 Å². The van der Waals surface area contributed by atoms with Crippen molar-refractivity contribution in [2.45, 2.75) is 31.6 Å². The third-order valence-electron chi connectivity index (χ3n) is 6.68. The van der Waals surface area contributed by atoms with Gasteiger partial charge in [-0.25, -0.2) is 8.78 Å². The van der Waals surface area contributed by atoms with E-state index in [-0.39, 0.29) is 19.2 Å². The number of hydrogen-bond acceptors (Lipinski definition) is 6. The van der Waals surface area contributed by atoms with Gasteiger partial charge in [0.15, 0.2) is 11.6 Å². The highest BCUT2D eigenvalue weighted by Gasteiger charge is 2.34. The minimum absolute atomic E-state index is 0.119. The third kappa shape index (κ3) is 6.43. The van der Waals surface area contributed by atoms with E-state index in [9.17, 15) is 24.3 Å². The molecule has 4 rings (SSSR count). The first-order valence-electron chi connectivity index (χ1n) is 12.3. The summed E-state index contributed by atoms with van der Waals surface area (Å²) in [6.45, 7) is 5.15. The zero-order valence-corrected chi connectivity index (χ0v) is 22.0. The molecule has 0 unspecified atom stereocenters. The summed E-state index contributed by atoms with van der Waals surface area (Å²) >= 11 is 6.14. The molecule has 2 N–H and O–H groups in total. The number of nitriles is 1. The van der Waals surface area contributed by atoms with E-state index in [1.165, 1.54) is 6.07 Å². The van der Waals surface area contributed by atoms with Crippen LogP contribution in [0, 0.1) is 23.0 Å². The second-order valence-electron chi connectivity index (χ2n) is 9.85. The number of aliphatic hydroxyl groups excluding tert-OH is 1. The van der Waals surface area contributed by atoms with Crippen LogP contribution in [0.25, 0.3) is 0 Å². The maximum absolute atomic E-state index is 13.9. The largest absolute Gasteiger partial charge is 0.491 e. The number of β-amino-alcohol motifs (C(OH)–C–C–N with tert-alkyl or cyclic N) is 1. The number of ether oxygens (including phenoxy) is 1. The monoisotopic (exact) mass is 541 g/mol. The SMILES string of the molecule is C[C@H](O)COc1ccc(N2CCN(C[C@@](C)(O)c3ccc(F)c(F)c3)C[C@H]2c2ccc(Cl)cc2)c(C#N)c1. The van der Waals surface area contributed by atoms with Crippen molar-refractivity contribution >= 4 is 17.3 Å². The van der Waals surface area contributed by atoms with E-state index in [2.05, 4.69) is 15.9 Å². The van der Waals surface area contributed by atoms with Gasteiger partial charge < -0.3 is 19.8 Å². The van der Waals surface area contributed by atoms with E-state index in [0.29, 0.717) is 41.5 Å². The van der Waals surface area contributed by atoms with Gasteiger partial charge in [-0.2, -0.15) is 5.26 Å². The number of halogens is 3. The van der Waals surface area contributed by atoms with Crippen LogP contribution in [0.1, 0.15) is 36.6 Å². The Morgan fingerprint density at radius 3 is 2.50 bits per heavy atom. The molecule has 1 aliphatic rings. The van der Waals surface area contributed by atoms with Crippen LogP contribution in [-0.2, 0) is 5.60 Å². The fourth-order valence-corrected chi connectivity index (χ4v) is 4.89. The fraction of sp³-hybridized carbons (Fsp3) is 0.345. The van der Waals surface area contributed by atoms with Gasteiger partial charge in [0.1, 0.15) is 18.4 Å². The average molecular weight is 542 g/mol. The highest BCUT2D eigenvalue weighted by Crippen LogP contribution is 2.36. The normalized spacial score (nSPS) is 18.5. The summed E-state index contributed by atoms with van der Waals surface area (Å²) in [7, 11) is 0. The summed E-state index contributed by atoms with van der Waals surface area (Å²) in [6.07, 6.45) is -0.633. The molecule has 3 aromatic rings. The molecule has 38 heavy (non-hydrogen) atoms. The van der Waals surface area contributed by atoms with Crippen molar-refractivity contribution in [2.24, 2.45) is 0 Å². The molecule has 0 amide bonds. The lowest BCUT2D eigenvalue weighted by Gasteiger charge is -2.45. The third-order valence-corrected chi connectivity index (χ3v) is 6.93. The molecular weight excluding hydrogens is 512 g/mol. The number of hydrogen-bond donors (Lipinski definition) is 2. The Kier molecular flexibility index (Phi) is 8.54. The maximum Gasteiger partial charge on any atom is 0.159 e. The predicted octanol–water partition coefficient (Wildman–Crippen LogP) is 5.02. The molecule has 0 bridgehead atoms. The second-order valence-corrected chi connectivity index (χ2v) is 10.3. The molecule has 3 atom stereocenters. The van der Waals surface area contributed by atoms with Crippen molar-refractivity contribution in [3.63, 3.8) is 0 Å². The Bertz CT molecular complexity index is 1310. The Morgan fingerprint density at radius 2 is 1.84 bits per heavy atom. The quantitative estimate of drug-likeness (QED) is 0.417. The first-order valence-corrected chi connectivity index (χ1v) is 12.7. The zero-order chi connectivity index (χ0) is 27.4. The number of aliphatic hydroxyl groups is 2. The molecule has 1 aliphatic heterocycles. The first-order chi connectivity index (χ1) is 18.1. The van der Waals surface area contributed by atoms with Crippen LogP contribution in [0.5, 0.6) is 5.75 Å². The van der Waals surface area contributed by atoms with Gasteiger partial charge in [-0.15, -0.1) is 0 Å². The van der Waals surface area contributed by atoms with Crippen molar-refractivity contribution in [1.29, 1.82) is 5.26 Å². The van der Waals surface area contributed by atoms with Crippen LogP contribution in [0.15, 0.2) is 60.7 Å². The number of rotatable bonds is 8. The molecule has 9 heteroatoms. The molecule has 0 aliphatic carbocycles. The molecule has 0 aromatic heterocycles. The molecule has 6 nitrogen and oxygen atoms in total. The van der Waals surface area contributed by atoms with E-state index >= 15 is 0 Å². The molecule has 1 heterocycles. The number of nitrogens with zero attached hydrogens (tertiary/aromatic N) is 3. The zero-order valence-electron chi connectivity index (χ0n) is 21.2. The van der Waals surface area contributed by atoms with Gasteiger partial charge in [0.2, 0.25) is 0 Å². The summed E-state index contributed by atoms with van der Waals surface area (Å²) in [5.41, 5.74) is 1.03. The van der Waals surface area contributed by atoms with Gasteiger partial charge in [0.05, 0.1) is 29.0 Å². The topological polar surface area (TPSA) is 80.0 Å². The maximum atomic E-state index is 13.9. The molecule has 1 saturated heterocycles. The summed E-state index contributed by atoms with van der Waals surface area (Å²) in [5, 5.41) is 31.2. The first kappa shape index (κ1) is 27.8. The summed E-state index contributed by atoms with van der Waals surface area (Å²) in [6, 6.07) is 18.3. The molecule has 1 fully saturated rings. The lowest BCUT2D eigenvalue weighted by molar-refractivity contribution is 0.00997. The highest BCUT2D eigenvalue weighted by molar-refractivity contribution is 6.30. The lowest BCUT2D eigenvalue weighted by atomic mass is 9.93. The minimum Gasteiger partial charge on any atom is -0.491 e. The molecule has 0 radical (unpaired) electrons. The van der Waals surface area contributed by atoms with Crippen LogP contribution in [0.4, 0.5) is 14.5 Å². The van der Waals surface area contributed by atoms with Crippen LogP contribution in [0.3, 0.4) is 0 Å². The van der Waals surface area contributed by atoms with Crippen LogP contribution >= 0.6 is 11.6 Å². The molecule has 0 spiro atoms. The minimum atomic E-state index is -1.41. The van der Waals surface area contributed by atoms with E-state index in [4.69, 9.17) is 16.3 Å². The number of piperazine rings is 1. The van der Waals surface area contributed by atoms with Gasteiger partial charge in [-0.05, 0) is 67.4 Å². The molecular formula is C29H30ClF2N3O3. The van der Waals surface area contributed by atoms with Crippen molar-refractivity contribution in [2.75, 3.05) is 37.7 Å². The van der Waals surface area contributed by atoms with Crippen molar-refractivity contribution in [1.82, 2.24) is 4.90 Å². The lowest BCUT2D eigenvalue weighted by Crippen LogP contribution is -2.52. The summed E-state index contributed by atoms with van der Waals surface area (Å²) in [4.78, 5) is 4.21. The van der Waals surface area contributed by atoms with Gasteiger partial charge in [-0.1, -0.05) is 29.8 Å². The predicted molar refractivity (Wildman–Crippen MR) is 142 cm³/mol. The Morgan fingerprint density at radius 1 is 1.11 bits per heavy atom. The van der Waals surface area contributed by atoms with Gasteiger partial charge >= 0.3 is 0 Å². The van der Waals surface area contributed by atoms with Crippen LogP contribution < -0.4 is 9.64 Å². The number of anilines is 1. The summed E-state index contributed by atoms with van der Waals surface area (Å²) < 4.78 is 32.9. The van der Waals surface area contributed by atoms with E-state index in [1.807, 2.05) is 30.3 Å². The summed E-state index contributed by atoms with van der Waals surface area (Å²) in [5.74, 6) is -1.47. The Hall–Kier alpha value is -3.22. The van der Waals surface area contributed by atoms with Gasteiger partial charge in [0, 0.05) is 31.2 Å². The highest BCUT2D eigenvalue weighted by atomic mass is 35.5. The van der Waals surface area contributed by atoms with E-state index in [0.717, 1.165) is 23.4 Å². The second kappa shape index (κ2) is 11.7. The van der Waals surface area contributed by atoms with Crippen molar-refractivity contribution in [3.8, 4) is 11.8 Å². The average Bonchev–Trinajstić information content (AvgIpc) is 2.89. The van der Waals surface area contributed by atoms with E-state index in [1.54, 1.807) is 26.0 Å². The smallest absolute Gasteiger partial charge is 0.159 e. The van der Waals surface area contributed by atoms with Crippen LogP contribution in [0.2, 0.25) is 5.02 Å². The van der Waals surface area contributed by atoms with Crippen molar-refractivity contribution in [3.05, 3.63) is 94.0 Å². The molecule has 0 saturated carbocycles. The van der Waals surface area contributed by atoms with Crippen molar-refractivity contribution < 1.29 is 23.7 Å². The molecule has 200 valence electrons. The Labute approximate surface area is 226 Å². The van der Waals surface area contributed by atoms with Gasteiger partial charge in [-0.3, -0.25) is 4.90 Å². The standard InChI is InChI=1S/C29H30ClF2N3O3/c1-19(36)17-38-24-8-10-27(21(13-24)15-33)35-12-11-34(16-28(35)20-3-6-23(30)7-4-20)18-29(2,37)22-5-9-25(31)26(32)14-22/h3-10,13-14,19,28,36-37H,11-12,16-18H2,1-2H3/t19-,28-,29+/m0/s1. The van der Waals surface area contributed by atoms with Crippen LogP contribution in [-0.4, -0.2) is 54.0 Å². The van der Waals surface area contributed by atoms with Gasteiger partial charge in [0.25, 0.3) is 0 Å².